The minimum absolute atomic E-state index is 0.00805. The van der Waals surface area contributed by atoms with Gasteiger partial charge in [0.05, 0.1) is 17.0 Å². The number of carbonyl (C=O) groups excluding carboxylic acids is 2. The Morgan fingerprint density at radius 1 is 1.19 bits per heavy atom. The van der Waals surface area contributed by atoms with Gasteiger partial charge in [-0.2, -0.15) is 0 Å². The summed E-state index contributed by atoms with van der Waals surface area (Å²) in [5.74, 6) is 0.278. The number of fused-ring (bicyclic) bond motifs is 5. The number of allylic oxidation sites excluding steroid dienone is 2. The highest BCUT2D eigenvalue weighted by Gasteiger charge is 2.67. The van der Waals surface area contributed by atoms with E-state index in [1.165, 1.54) is 4.90 Å². The summed E-state index contributed by atoms with van der Waals surface area (Å²) in [6.07, 6.45) is 5.23. The van der Waals surface area contributed by atoms with E-state index in [0.29, 0.717) is 0 Å². The smallest absolute Gasteiger partial charge is 0.241 e. The van der Waals surface area contributed by atoms with E-state index < -0.39 is 5.41 Å². The Labute approximate surface area is 124 Å². The second kappa shape index (κ2) is 3.85. The van der Waals surface area contributed by atoms with Crippen molar-refractivity contribution in [3.05, 3.63) is 41.5 Å². The minimum Gasteiger partial charge on any atom is -0.274 e. The zero-order chi connectivity index (χ0) is 14.9. The van der Waals surface area contributed by atoms with Gasteiger partial charge in [0.25, 0.3) is 0 Å². The van der Waals surface area contributed by atoms with Crippen molar-refractivity contribution in [3.63, 3.8) is 0 Å². The lowest BCUT2D eigenvalue weighted by Gasteiger charge is -2.28. The van der Waals surface area contributed by atoms with E-state index in [0.717, 1.165) is 23.2 Å². The lowest BCUT2D eigenvalue weighted by atomic mass is 9.71. The highest BCUT2D eigenvalue weighted by Crippen LogP contribution is 2.61. The molecule has 0 radical (unpaired) electrons. The van der Waals surface area contributed by atoms with Crippen molar-refractivity contribution in [2.75, 3.05) is 4.90 Å². The van der Waals surface area contributed by atoms with Crippen LogP contribution in [0.15, 0.2) is 30.4 Å². The number of rotatable bonds is 1. The molecule has 2 bridgehead atoms. The van der Waals surface area contributed by atoms with Crippen molar-refractivity contribution in [1.29, 1.82) is 0 Å². The van der Waals surface area contributed by atoms with Crippen LogP contribution in [0.5, 0.6) is 0 Å². The topological polar surface area (TPSA) is 37.4 Å². The maximum Gasteiger partial charge on any atom is 0.241 e. The number of anilines is 1. The molecule has 2 fully saturated rings. The third kappa shape index (κ3) is 1.39. The van der Waals surface area contributed by atoms with Crippen LogP contribution in [0.4, 0.5) is 5.69 Å². The molecule has 2 amide bonds. The van der Waals surface area contributed by atoms with E-state index in [4.69, 9.17) is 0 Å². The summed E-state index contributed by atoms with van der Waals surface area (Å²) in [7, 11) is 0. The third-order valence-corrected chi connectivity index (χ3v) is 5.70. The number of carbonyl (C=O) groups is 2. The van der Waals surface area contributed by atoms with Gasteiger partial charge in [0.15, 0.2) is 0 Å². The van der Waals surface area contributed by atoms with Crippen molar-refractivity contribution in [1.82, 2.24) is 0 Å². The SMILES string of the molecule is Cc1ccc(N2C(=O)[C@H]3[C@@H]4C=C[C@H](C4)[C@@]3(C)C2=O)c(C)c1. The summed E-state index contributed by atoms with van der Waals surface area (Å²) in [4.78, 5) is 27.4. The second-order valence-corrected chi connectivity index (χ2v) is 6.92. The first-order valence-corrected chi connectivity index (χ1v) is 7.58. The van der Waals surface area contributed by atoms with Gasteiger partial charge in [0.2, 0.25) is 11.8 Å². The molecule has 4 rings (SSSR count). The molecule has 3 heteroatoms. The summed E-state index contributed by atoms with van der Waals surface area (Å²) in [6, 6.07) is 5.89. The highest BCUT2D eigenvalue weighted by molar-refractivity contribution is 6.24. The number of hydrogen-bond acceptors (Lipinski definition) is 2. The molecule has 4 atom stereocenters. The normalized spacial score (nSPS) is 36.7. The molecule has 1 saturated heterocycles. The summed E-state index contributed by atoms with van der Waals surface area (Å²) in [6.45, 7) is 5.96. The van der Waals surface area contributed by atoms with E-state index in [-0.39, 0.29) is 29.6 Å². The van der Waals surface area contributed by atoms with E-state index in [2.05, 4.69) is 12.2 Å². The van der Waals surface area contributed by atoms with Crippen LogP contribution >= 0.6 is 0 Å². The first-order valence-electron chi connectivity index (χ1n) is 7.58. The Kier molecular flexibility index (Phi) is 2.35. The fraction of sp³-hybridized carbons (Fsp3) is 0.444. The number of imide groups is 1. The average molecular weight is 281 g/mol. The zero-order valence-corrected chi connectivity index (χ0v) is 12.6. The van der Waals surface area contributed by atoms with Crippen LogP contribution < -0.4 is 4.90 Å². The molecule has 2 aliphatic carbocycles. The average Bonchev–Trinajstić information content (AvgIpc) is 3.05. The van der Waals surface area contributed by atoms with Gasteiger partial charge < -0.3 is 0 Å². The molecule has 108 valence electrons. The summed E-state index contributed by atoms with van der Waals surface area (Å²) >= 11 is 0. The predicted octanol–water partition coefficient (Wildman–Crippen LogP) is 3.01. The Morgan fingerprint density at radius 3 is 2.62 bits per heavy atom. The van der Waals surface area contributed by atoms with Crippen LogP contribution in [0.2, 0.25) is 0 Å². The number of aryl methyl sites for hydroxylation is 2. The molecule has 1 aliphatic heterocycles. The Morgan fingerprint density at radius 2 is 1.95 bits per heavy atom. The van der Waals surface area contributed by atoms with Gasteiger partial charge in [0, 0.05) is 0 Å². The summed E-state index contributed by atoms with van der Waals surface area (Å²) in [5.41, 5.74) is 2.35. The molecule has 3 aliphatic rings. The third-order valence-electron chi connectivity index (χ3n) is 5.70. The van der Waals surface area contributed by atoms with Gasteiger partial charge in [-0.25, -0.2) is 4.90 Å². The van der Waals surface area contributed by atoms with E-state index in [1.54, 1.807) is 0 Å². The van der Waals surface area contributed by atoms with Crippen LogP contribution in [0.3, 0.4) is 0 Å². The Hall–Kier alpha value is -1.90. The van der Waals surface area contributed by atoms with Crippen molar-refractivity contribution in [2.45, 2.75) is 27.2 Å². The van der Waals surface area contributed by atoms with E-state index in [9.17, 15) is 9.59 Å². The number of amides is 2. The fourth-order valence-corrected chi connectivity index (χ4v) is 4.59. The monoisotopic (exact) mass is 281 g/mol. The van der Waals surface area contributed by atoms with Gasteiger partial charge >= 0.3 is 0 Å². The number of nitrogens with zero attached hydrogens (tertiary/aromatic N) is 1. The molecule has 1 heterocycles. The molecular formula is C18H19NO2. The van der Waals surface area contributed by atoms with Gasteiger partial charge in [0.1, 0.15) is 0 Å². The van der Waals surface area contributed by atoms with Crippen molar-refractivity contribution in [2.24, 2.45) is 23.2 Å². The summed E-state index contributed by atoms with van der Waals surface area (Å²) in [5, 5.41) is 0. The largest absolute Gasteiger partial charge is 0.274 e. The molecular weight excluding hydrogens is 262 g/mol. The fourth-order valence-electron chi connectivity index (χ4n) is 4.59. The van der Waals surface area contributed by atoms with Gasteiger partial charge in [-0.05, 0) is 50.7 Å². The minimum atomic E-state index is -0.534. The number of hydrogen-bond donors (Lipinski definition) is 0. The highest BCUT2D eigenvalue weighted by atomic mass is 16.2. The van der Waals surface area contributed by atoms with E-state index in [1.807, 2.05) is 39.0 Å². The van der Waals surface area contributed by atoms with Crippen LogP contribution in [0, 0.1) is 37.0 Å². The van der Waals surface area contributed by atoms with E-state index >= 15 is 0 Å². The maximum atomic E-state index is 13.0. The Balaban J connectivity index is 1.83. The van der Waals surface area contributed by atoms with Crippen LogP contribution in [-0.4, -0.2) is 11.8 Å². The standard InChI is InChI=1S/C18H19NO2/c1-10-4-7-14(11(2)8-10)19-16(20)15-12-5-6-13(9-12)18(15,3)17(19)21/h4-8,12-13,15H,9H2,1-3H3/t12-,13-,15-,18-/m1/s1. The zero-order valence-electron chi connectivity index (χ0n) is 12.6. The van der Waals surface area contributed by atoms with Gasteiger partial charge in [-0.1, -0.05) is 29.8 Å². The predicted molar refractivity (Wildman–Crippen MR) is 80.7 cm³/mol. The lowest BCUT2D eigenvalue weighted by molar-refractivity contribution is -0.127. The maximum absolute atomic E-state index is 13.0. The van der Waals surface area contributed by atoms with Crippen molar-refractivity contribution >= 4 is 17.5 Å². The van der Waals surface area contributed by atoms with Crippen LogP contribution in [0.25, 0.3) is 0 Å². The quantitative estimate of drug-likeness (QED) is 0.586. The molecule has 0 unspecified atom stereocenters. The molecule has 21 heavy (non-hydrogen) atoms. The van der Waals surface area contributed by atoms with Crippen molar-refractivity contribution < 1.29 is 9.59 Å². The molecule has 0 aromatic heterocycles. The molecule has 1 aromatic rings. The Bertz CT molecular complexity index is 705. The van der Waals surface area contributed by atoms with Crippen molar-refractivity contribution in [3.8, 4) is 0 Å². The first-order chi connectivity index (χ1) is 9.94. The van der Waals surface area contributed by atoms with Gasteiger partial charge in [-0.15, -0.1) is 0 Å². The molecule has 0 N–H and O–H groups in total. The molecule has 1 aromatic carbocycles. The van der Waals surface area contributed by atoms with Gasteiger partial charge in [-0.3, -0.25) is 9.59 Å². The van der Waals surface area contributed by atoms with Crippen LogP contribution in [-0.2, 0) is 9.59 Å². The molecule has 3 nitrogen and oxygen atoms in total. The first kappa shape index (κ1) is 12.8. The lowest BCUT2D eigenvalue weighted by Crippen LogP contribution is -2.37. The molecule has 1 saturated carbocycles. The summed E-state index contributed by atoms with van der Waals surface area (Å²) < 4.78 is 0. The number of benzene rings is 1. The second-order valence-electron chi connectivity index (χ2n) is 6.92. The molecule has 0 spiro atoms. The van der Waals surface area contributed by atoms with Crippen LogP contribution in [0.1, 0.15) is 24.5 Å².